The quantitative estimate of drug-likeness (QED) is 0.335. The van der Waals surface area contributed by atoms with E-state index >= 15 is 0 Å². The van der Waals surface area contributed by atoms with E-state index in [-0.39, 0.29) is 11.5 Å². The second kappa shape index (κ2) is 8.31. The van der Waals surface area contributed by atoms with Gasteiger partial charge in [-0.3, -0.25) is 4.98 Å². The monoisotopic (exact) mass is 413 g/mol. The standard InChI is InChI=1S/C19H16FN5O3S/c1-3-11-4-13(6-16-17(11)22-10-29-16)28-18(19-25-23-9-27-19)15-5-12(7-24-26-2)14(20)8-21-15/h4-10,18H,3H2,1-2H3/b24-7+. The number of pyridine rings is 1. The summed E-state index contributed by atoms with van der Waals surface area (Å²) < 4.78 is 26.6. The second-order valence-electron chi connectivity index (χ2n) is 5.96. The minimum atomic E-state index is -0.831. The van der Waals surface area contributed by atoms with Gasteiger partial charge in [0.2, 0.25) is 12.5 Å². The summed E-state index contributed by atoms with van der Waals surface area (Å²) in [6.07, 6.45) is 3.51. The Kier molecular flexibility index (Phi) is 5.43. The summed E-state index contributed by atoms with van der Waals surface area (Å²) in [7, 11) is 1.38. The molecule has 10 heteroatoms. The highest BCUT2D eigenvalue weighted by molar-refractivity contribution is 7.16. The first kappa shape index (κ1) is 18.9. The Balaban J connectivity index is 1.75. The Morgan fingerprint density at radius 3 is 2.97 bits per heavy atom. The number of ether oxygens (including phenoxy) is 1. The molecule has 0 aliphatic rings. The maximum atomic E-state index is 14.1. The Labute approximate surface area is 169 Å². The van der Waals surface area contributed by atoms with Crippen LogP contribution in [0.25, 0.3) is 10.2 Å². The van der Waals surface area contributed by atoms with Gasteiger partial charge in [-0.05, 0) is 30.2 Å². The van der Waals surface area contributed by atoms with E-state index in [1.54, 1.807) is 5.51 Å². The number of oxime groups is 1. The van der Waals surface area contributed by atoms with Gasteiger partial charge in [-0.15, -0.1) is 21.5 Å². The fraction of sp³-hybridized carbons (Fsp3) is 0.211. The average molecular weight is 413 g/mol. The third kappa shape index (κ3) is 3.92. The van der Waals surface area contributed by atoms with Crippen molar-refractivity contribution >= 4 is 27.8 Å². The number of benzene rings is 1. The van der Waals surface area contributed by atoms with Gasteiger partial charge in [-0.25, -0.2) is 9.37 Å². The summed E-state index contributed by atoms with van der Waals surface area (Å²) in [6, 6.07) is 5.31. The number of nitrogens with zero attached hydrogens (tertiary/aromatic N) is 5. The van der Waals surface area contributed by atoms with Crippen molar-refractivity contribution in [3.05, 3.63) is 64.8 Å². The lowest BCUT2D eigenvalue weighted by Gasteiger charge is -2.17. The SMILES string of the molecule is CCc1cc(OC(c2cc(/C=N/OC)c(F)cn2)c2nnco2)cc2scnc12. The van der Waals surface area contributed by atoms with Gasteiger partial charge in [0.15, 0.2) is 0 Å². The van der Waals surface area contributed by atoms with E-state index in [9.17, 15) is 4.39 Å². The molecule has 3 aromatic heterocycles. The van der Waals surface area contributed by atoms with Crippen LogP contribution in [-0.4, -0.2) is 33.5 Å². The van der Waals surface area contributed by atoms with Crippen LogP contribution < -0.4 is 4.74 Å². The van der Waals surface area contributed by atoms with Crippen LogP contribution in [0, 0.1) is 5.82 Å². The molecule has 4 aromatic rings. The van der Waals surface area contributed by atoms with Crippen molar-refractivity contribution in [3.8, 4) is 5.75 Å². The summed E-state index contributed by atoms with van der Waals surface area (Å²) in [4.78, 5) is 13.2. The smallest absolute Gasteiger partial charge is 0.263 e. The fourth-order valence-electron chi connectivity index (χ4n) is 2.84. The molecule has 29 heavy (non-hydrogen) atoms. The fourth-order valence-corrected chi connectivity index (χ4v) is 3.59. The molecule has 0 bridgehead atoms. The highest BCUT2D eigenvalue weighted by Gasteiger charge is 2.25. The number of fused-ring (bicyclic) bond motifs is 1. The van der Waals surface area contributed by atoms with Crippen LogP contribution in [0.15, 0.2) is 45.9 Å². The lowest BCUT2D eigenvalue weighted by Crippen LogP contribution is -2.13. The molecule has 0 radical (unpaired) electrons. The van der Waals surface area contributed by atoms with Crippen molar-refractivity contribution in [2.24, 2.45) is 5.16 Å². The van der Waals surface area contributed by atoms with Gasteiger partial charge in [0, 0.05) is 5.56 Å². The number of aryl methyl sites for hydroxylation is 1. The predicted octanol–water partition coefficient (Wildman–Crippen LogP) is 3.92. The van der Waals surface area contributed by atoms with E-state index in [2.05, 4.69) is 37.1 Å². The molecule has 3 heterocycles. The number of rotatable bonds is 7. The number of hydrogen-bond acceptors (Lipinski definition) is 9. The van der Waals surface area contributed by atoms with Crippen LogP contribution in [0.1, 0.15) is 35.7 Å². The zero-order chi connectivity index (χ0) is 20.2. The van der Waals surface area contributed by atoms with Crippen molar-refractivity contribution in [1.29, 1.82) is 0 Å². The predicted molar refractivity (Wildman–Crippen MR) is 105 cm³/mol. The molecule has 0 aliphatic carbocycles. The van der Waals surface area contributed by atoms with Gasteiger partial charge < -0.3 is 14.0 Å². The number of halogens is 1. The molecule has 4 rings (SSSR count). The third-order valence-electron chi connectivity index (χ3n) is 4.20. The molecule has 0 fully saturated rings. The maximum absolute atomic E-state index is 14.1. The van der Waals surface area contributed by atoms with Gasteiger partial charge in [-0.2, -0.15) is 0 Å². The summed E-state index contributed by atoms with van der Waals surface area (Å²) in [5.41, 5.74) is 4.39. The maximum Gasteiger partial charge on any atom is 0.263 e. The molecule has 1 unspecified atom stereocenters. The second-order valence-corrected chi connectivity index (χ2v) is 6.84. The molecule has 0 saturated carbocycles. The molecule has 0 N–H and O–H groups in total. The molecule has 1 aromatic carbocycles. The number of hydrogen-bond donors (Lipinski definition) is 0. The largest absolute Gasteiger partial charge is 0.474 e. The molecule has 0 saturated heterocycles. The lowest BCUT2D eigenvalue weighted by molar-refractivity contribution is 0.203. The highest BCUT2D eigenvalue weighted by Crippen LogP contribution is 2.32. The molecule has 0 aliphatic heterocycles. The molecule has 148 valence electrons. The van der Waals surface area contributed by atoms with Crippen LogP contribution in [-0.2, 0) is 11.3 Å². The Morgan fingerprint density at radius 1 is 1.31 bits per heavy atom. The lowest BCUT2D eigenvalue weighted by atomic mass is 10.1. The topological polar surface area (TPSA) is 95.5 Å². The van der Waals surface area contributed by atoms with Crippen LogP contribution >= 0.6 is 11.3 Å². The molecule has 0 amide bonds. The minimum absolute atomic E-state index is 0.192. The number of thiazole rings is 1. The Hall–Kier alpha value is -3.40. The third-order valence-corrected chi connectivity index (χ3v) is 4.97. The van der Waals surface area contributed by atoms with Crippen LogP contribution in [0.5, 0.6) is 5.75 Å². The van der Waals surface area contributed by atoms with Crippen LogP contribution in [0.4, 0.5) is 4.39 Å². The summed E-state index contributed by atoms with van der Waals surface area (Å²) in [6.45, 7) is 2.05. The van der Waals surface area contributed by atoms with Crippen LogP contribution in [0.2, 0.25) is 0 Å². The van der Waals surface area contributed by atoms with Gasteiger partial charge in [0.05, 0.1) is 33.8 Å². The van der Waals surface area contributed by atoms with Crippen molar-refractivity contribution in [1.82, 2.24) is 20.2 Å². The number of aromatic nitrogens is 4. The molecule has 1 atom stereocenters. The van der Waals surface area contributed by atoms with E-state index in [4.69, 9.17) is 9.15 Å². The minimum Gasteiger partial charge on any atom is -0.474 e. The Bertz CT molecular complexity index is 1150. The van der Waals surface area contributed by atoms with Crippen LogP contribution in [0.3, 0.4) is 0 Å². The average Bonchev–Trinajstić information content (AvgIpc) is 3.43. The molecule has 0 spiro atoms. The first-order valence-corrected chi connectivity index (χ1v) is 9.58. The van der Waals surface area contributed by atoms with E-state index in [1.165, 1.54) is 37.1 Å². The summed E-state index contributed by atoms with van der Waals surface area (Å²) >= 11 is 1.53. The van der Waals surface area contributed by atoms with Gasteiger partial charge in [-0.1, -0.05) is 12.1 Å². The zero-order valence-electron chi connectivity index (χ0n) is 15.6. The highest BCUT2D eigenvalue weighted by atomic mass is 32.1. The van der Waals surface area contributed by atoms with E-state index in [0.29, 0.717) is 11.4 Å². The van der Waals surface area contributed by atoms with Crippen molar-refractivity contribution < 1.29 is 18.4 Å². The molecular formula is C19H16FN5O3S. The van der Waals surface area contributed by atoms with E-state index in [0.717, 1.165) is 28.4 Å². The first-order valence-electron chi connectivity index (χ1n) is 8.70. The van der Waals surface area contributed by atoms with E-state index < -0.39 is 11.9 Å². The Morgan fingerprint density at radius 2 is 2.21 bits per heavy atom. The first-order chi connectivity index (χ1) is 14.2. The zero-order valence-corrected chi connectivity index (χ0v) is 16.4. The summed E-state index contributed by atoms with van der Waals surface area (Å²) in [5, 5.41) is 11.3. The molecule has 8 nitrogen and oxygen atoms in total. The van der Waals surface area contributed by atoms with Crippen molar-refractivity contribution in [2.45, 2.75) is 19.4 Å². The summed E-state index contributed by atoms with van der Waals surface area (Å²) in [5.74, 6) is 0.249. The van der Waals surface area contributed by atoms with Crippen molar-refractivity contribution in [3.63, 3.8) is 0 Å². The van der Waals surface area contributed by atoms with E-state index in [1.807, 2.05) is 12.1 Å². The van der Waals surface area contributed by atoms with Gasteiger partial charge in [0.25, 0.3) is 5.89 Å². The normalized spacial score (nSPS) is 12.5. The van der Waals surface area contributed by atoms with Gasteiger partial charge >= 0.3 is 0 Å². The van der Waals surface area contributed by atoms with Gasteiger partial charge in [0.1, 0.15) is 18.7 Å². The molecular weight excluding hydrogens is 397 g/mol. The van der Waals surface area contributed by atoms with Crippen molar-refractivity contribution in [2.75, 3.05) is 7.11 Å².